The summed E-state index contributed by atoms with van der Waals surface area (Å²) in [4.78, 5) is 17.4. The highest BCUT2D eigenvalue weighted by Gasteiger charge is 2.46. The first-order valence-corrected chi connectivity index (χ1v) is 9.24. The Kier molecular flexibility index (Phi) is 4.57. The molecule has 1 amide bonds. The van der Waals surface area contributed by atoms with Gasteiger partial charge in [-0.15, -0.1) is 0 Å². The minimum absolute atomic E-state index is 0.171. The Balaban J connectivity index is 1.31. The Labute approximate surface area is 149 Å². The summed E-state index contributed by atoms with van der Waals surface area (Å²) in [5.41, 5.74) is 2.56. The van der Waals surface area contributed by atoms with E-state index in [1.165, 1.54) is 11.1 Å². The van der Waals surface area contributed by atoms with E-state index >= 15 is 0 Å². The first-order valence-electron chi connectivity index (χ1n) is 9.24. The molecule has 0 bridgehead atoms. The summed E-state index contributed by atoms with van der Waals surface area (Å²) >= 11 is 0. The van der Waals surface area contributed by atoms with E-state index in [1.807, 2.05) is 24.1 Å². The first-order chi connectivity index (χ1) is 12.2. The Morgan fingerprint density at radius 2 is 2.00 bits per heavy atom. The van der Waals surface area contributed by atoms with Gasteiger partial charge in [0, 0.05) is 51.9 Å². The van der Waals surface area contributed by atoms with Crippen LogP contribution in [0.15, 0.2) is 42.7 Å². The van der Waals surface area contributed by atoms with Crippen molar-refractivity contribution in [3.8, 4) is 0 Å². The van der Waals surface area contributed by atoms with Gasteiger partial charge in [-0.25, -0.2) is 0 Å². The predicted molar refractivity (Wildman–Crippen MR) is 97.0 cm³/mol. The standard InChI is InChI=1S/C20H26N4O/c1-22-15-17(13-21-22)18-12-19(18)20(25)24-9-5-8-23(10-11-24)14-16-6-3-2-4-7-16/h2-4,6-7,13,15,18-19H,5,8-12,14H2,1H3/t18-,19+/m1/s1. The molecule has 2 aliphatic rings. The molecule has 0 radical (unpaired) electrons. The van der Waals surface area contributed by atoms with Crippen molar-refractivity contribution < 1.29 is 4.79 Å². The maximum absolute atomic E-state index is 12.8. The number of aromatic nitrogens is 2. The zero-order valence-corrected chi connectivity index (χ0v) is 14.8. The molecule has 1 aliphatic heterocycles. The van der Waals surface area contributed by atoms with Crippen LogP contribution >= 0.6 is 0 Å². The third-order valence-corrected chi connectivity index (χ3v) is 5.41. The summed E-state index contributed by atoms with van der Waals surface area (Å²) in [5, 5.41) is 4.23. The van der Waals surface area contributed by atoms with Gasteiger partial charge >= 0.3 is 0 Å². The molecular weight excluding hydrogens is 312 g/mol. The van der Waals surface area contributed by atoms with Crippen LogP contribution in [0.1, 0.15) is 29.9 Å². The number of nitrogens with zero attached hydrogens (tertiary/aromatic N) is 4. The second-order valence-corrected chi connectivity index (χ2v) is 7.34. The van der Waals surface area contributed by atoms with E-state index in [0.29, 0.717) is 11.8 Å². The lowest BCUT2D eigenvalue weighted by molar-refractivity contribution is -0.132. The number of carbonyl (C=O) groups excluding carboxylic acids is 1. The second-order valence-electron chi connectivity index (χ2n) is 7.34. The Morgan fingerprint density at radius 1 is 1.16 bits per heavy atom. The number of hydrogen-bond donors (Lipinski definition) is 0. The molecule has 25 heavy (non-hydrogen) atoms. The van der Waals surface area contributed by atoms with Crippen LogP contribution in [0.4, 0.5) is 0 Å². The Hall–Kier alpha value is -2.14. The van der Waals surface area contributed by atoms with Gasteiger partial charge in [-0.05, 0) is 29.9 Å². The highest BCUT2D eigenvalue weighted by Crippen LogP contribution is 2.48. The Bertz CT molecular complexity index is 726. The van der Waals surface area contributed by atoms with Gasteiger partial charge in [0.2, 0.25) is 5.91 Å². The monoisotopic (exact) mass is 338 g/mol. The molecule has 2 aromatic rings. The fourth-order valence-electron chi connectivity index (χ4n) is 3.89. The molecule has 2 fully saturated rings. The molecule has 2 atom stereocenters. The van der Waals surface area contributed by atoms with Gasteiger partial charge < -0.3 is 4.90 Å². The lowest BCUT2D eigenvalue weighted by Gasteiger charge is -2.22. The van der Waals surface area contributed by atoms with Crippen LogP contribution in [-0.4, -0.2) is 51.7 Å². The third-order valence-electron chi connectivity index (χ3n) is 5.41. The largest absolute Gasteiger partial charge is 0.341 e. The molecule has 1 aromatic heterocycles. The van der Waals surface area contributed by atoms with Crippen molar-refractivity contribution in [3.63, 3.8) is 0 Å². The van der Waals surface area contributed by atoms with Crippen LogP contribution in [0.2, 0.25) is 0 Å². The van der Waals surface area contributed by atoms with Gasteiger partial charge in [0.05, 0.1) is 6.20 Å². The summed E-state index contributed by atoms with van der Waals surface area (Å²) < 4.78 is 1.82. The topological polar surface area (TPSA) is 41.4 Å². The molecule has 4 rings (SSSR count). The minimum Gasteiger partial charge on any atom is -0.341 e. The zero-order chi connectivity index (χ0) is 17.2. The highest BCUT2D eigenvalue weighted by molar-refractivity contribution is 5.83. The van der Waals surface area contributed by atoms with Gasteiger partial charge in [0.25, 0.3) is 0 Å². The van der Waals surface area contributed by atoms with Crippen molar-refractivity contribution in [1.29, 1.82) is 0 Å². The first kappa shape index (κ1) is 16.3. The van der Waals surface area contributed by atoms with Gasteiger partial charge in [-0.1, -0.05) is 30.3 Å². The van der Waals surface area contributed by atoms with Crippen molar-refractivity contribution in [2.45, 2.75) is 25.3 Å². The van der Waals surface area contributed by atoms with Crippen LogP contribution in [0, 0.1) is 5.92 Å². The van der Waals surface area contributed by atoms with Crippen molar-refractivity contribution >= 4 is 5.91 Å². The maximum Gasteiger partial charge on any atom is 0.226 e. The van der Waals surface area contributed by atoms with Crippen molar-refractivity contribution in [2.75, 3.05) is 26.2 Å². The molecule has 1 saturated heterocycles. The number of carbonyl (C=O) groups is 1. The lowest BCUT2D eigenvalue weighted by atomic mass is 10.2. The van der Waals surface area contributed by atoms with Crippen molar-refractivity contribution in [3.05, 3.63) is 53.9 Å². The minimum atomic E-state index is 0.171. The highest BCUT2D eigenvalue weighted by atomic mass is 16.2. The SMILES string of the molecule is Cn1cc([C@H]2C[C@@H]2C(=O)N2CCCN(Cc3ccccc3)CC2)cn1. The zero-order valence-electron chi connectivity index (χ0n) is 14.8. The second kappa shape index (κ2) is 7.00. The molecule has 0 unspecified atom stereocenters. The molecule has 0 spiro atoms. The van der Waals surface area contributed by atoms with Gasteiger partial charge in [0.1, 0.15) is 0 Å². The van der Waals surface area contributed by atoms with E-state index in [4.69, 9.17) is 0 Å². The molecular formula is C20H26N4O. The van der Waals surface area contributed by atoms with E-state index in [0.717, 1.165) is 45.6 Å². The van der Waals surface area contributed by atoms with Crippen LogP contribution in [-0.2, 0) is 18.4 Å². The summed E-state index contributed by atoms with van der Waals surface area (Å²) in [6.07, 6.45) is 5.99. The summed E-state index contributed by atoms with van der Waals surface area (Å²) in [6, 6.07) is 10.6. The lowest BCUT2D eigenvalue weighted by Crippen LogP contribution is -2.36. The van der Waals surface area contributed by atoms with Crippen LogP contribution in [0.5, 0.6) is 0 Å². The maximum atomic E-state index is 12.8. The van der Waals surface area contributed by atoms with E-state index < -0.39 is 0 Å². The Morgan fingerprint density at radius 3 is 2.76 bits per heavy atom. The molecule has 2 heterocycles. The average Bonchev–Trinajstić information content (AvgIpc) is 3.36. The molecule has 5 nitrogen and oxygen atoms in total. The molecule has 132 valence electrons. The molecule has 1 aliphatic carbocycles. The van der Waals surface area contributed by atoms with Crippen molar-refractivity contribution in [2.24, 2.45) is 13.0 Å². The number of rotatable bonds is 4. The molecule has 1 saturated carbocycles. The van der Waals surface area contributed by atoms with Gasteiger partial charge in [0.15, 0.2) is 0 Å². The summed E-state index contributed by atoms with van der Waals surface area (Å²) in [5.74, 6) is 0.894. The summed E-state index contributed by atoms with van der Waals surface area (Å²) in [7, 11) is 1.93. The third kappa shape index (κ3) is 3.76. The fraction of sp³-hybridized carbons (Fsp3) is 0.500. The van der Waals surface area contributed by atoms with Crippen LogP contribution < -0.4 is 0 Å². The number of hydrogen-bond acceptors (Lipinski definition) is 3. The molecule has 5 heteroatoms. The fourth-order valence-corrected chi connectivity index (χ4v) is 3.89. The normalized spacial score (nSPS) is 24.1. The number of benzene rings is 1. The van der Waals surface area contributed by atoms with Crippen LogP contribution in [0.25, 0.3) is 0 Å². The average molecular weight is 338 g/mol. The smallest absolute Gasteiger partial charge is 0.226 e. The van der Waals surface area contributed by atoms with E-state index in [-0.39, 0.29) is 5.92 Å². The van der Waals surface area contributed by atoms with Gasteiger partial charge in [-0.2, -0.15) is 5.10 Å². The number of amides is 1. The van der Waals surface area contributed by atoms with Crippen LogP contribution in [0.3, 0.4) is 0 Å². The molecule has 1 aromatic carbocycles. The summed E-state index contributed by atoms with van der Waals surface area (Å²) in [6.45, 7) is 4.74. The molecule has 0 N–H and O–H groups in total. The van der Waals surface area contributed by atoms with E-state index in [9.17, 15) is 4.79 Å². The van der Waals surface area contributed by atoms with E-state index in [1.54, 1.807) is 0 Å². The quantitative estimate of drug-likeness (QED) is 0.859. The van der Waals surface area contributed by atoms with Gasteiger partial charge in [-0.3, -0.25) is 14.4 Å². The van der Waals surface area contributed by atoms with Crippen molar-refractivity contribution in [1.82, 2.24) is 19.6 Å². The predicted octanol–water partition coefficient (Wildman–Crippen LogP) is 2.26. The number of aryl methyl sites for hydroxylation is 1. The van der Waals surface area contributed by atoms with E-state index in [2.05, 4.69) is 45.2 Å².